The summed E-state index contributed by atoms with van der Waals surface area (Å²) in [4.78, 5) is 12.2. The molecule has 0 radical (unpaired) electrons. The summed E-state index contributed by atoms with van der Waals surface area (Å²) < 4.78 is -1.63. The standard InChI is InChI=1S/C15H12Cl3NO/c16-15(17,18)13(11-7-3-1-4-8-11)19-14(20)12-9-5-2-6-10-12/h1-10,13H,(H,19,20)/t13-/m1/s1. The predicted octanol–water partition coefficient (Wildman–Crippen LogP) is 4.53. The van der Waals surface area contributed by atoms with Crippen LogP contribution in [-0.4, -0.2) is 9.70 Å². The van der Waals surface area contributed by atoms with Gasteiger partial charge in [0.1, 0.15) is 6.04 Å². The molecule has 0 bridgehead atoms. The van der Waals surface area contributed by atoms with Crippen LogP contribution in [-0.2, 0) is 0 Å². The van der Waals surface area contributed by atoms with Crippen LogP contribution >= 0.6 is 34.8 Å². The fourth-order valence-electron chi connectivity index (χ4n) is 1.80. The van der Waals surface area contributed by atoms with E-state index in [9.17, 15) is 4.79 Å². The number of carbonyl (C=O) groups excluding carboxylic acids is 1. The van der Waals surface area contributed by atoms with Gasteiger partial charge in [0.2, 0.25) is 3.79 Å². The van der Waals surface area contributed by atoms with Crippen molar-refractivity contribution in [3.8, 4) is 0 Å². The lowest BCUT2D eigenvalue weighted by atomic mass is 10.1. The number of nitrogens with one attached hydrogen (secondary N) is 1. The molecule has 0 saturated carbocycles. The minimum atomic E-state index is -1.63. The van der Waals surface area contributed by atoms with Crippen molar-refractivity contribution in [3.05, 3.63) is 71.8 Å². The quantitative estimate of drug-likeness (QED) is 0.824. The van der Waals surface area contributed by atoms with Crippen molar-refractivity contribution >= 4 is 40.7 Å². The van der Waals surface area contributed by atoms with Gasteiger partial charge in [0.15, 0.2) is 0 Å². The van der Waals surface area contributed by atoms with Crippen LogP contribution in [0.5, 0.6) is 0 Å². The Morgan fingerprint density at radius 1 is 0.900 bits per heavy atom. The highest BCUT2D eigenvalue weighted by atomic mass is 35.6. The molecule has 2 aromatic carbocycles. The lowest BCUT2D eigenvalue weighted by molar-refractivity contribution is 0.0937. The van der Waals surface area contributed by atoms with Crippen molar-refractivity contribution in [2.45, 2.75) is 9.83 Å². The zero-order valence-electron chi connectivity index (χ0n) is 10.4. The normalized spacial score (nSPS) is 12.8. The van der Waals surface area contributed by atoms with Crippen LogP contribution in [0.1, 0.15) is 22.0 Å². The maximum absolute atomic E-state index is 12.2. The Morgan fingerprint density at radius 3 is 1.90 bits per heavy atom. The molecule has 0 heterocycles. The molecule has 0 aliphatic rings. The number of halogens is 3. The second-order valence-electron chi connectivity index (χ2n) is 4.22. The first-order chi connectivity index (χ1) is 9.48. The molecule has 0 aliphatic heterocycles. The third-order valence-corrected chi connectivity index (χ3v) is 3.43. The van der Waals surface area contributed by atoms with Crippen molar-refractivity contribution in [1.82, 2.24) is 5.32 Å². The van der Waals surface area contributed by atoms with Gasteiger partial charge < -0.3 is 5.32 Å². The predicted molar refractivity (Wildman–Crippen MR) is 83.4 cm³/mol. The highest BCUT2D eigenvalue weighted by molar-refractivity contribution is 6.68. The number of rotatable bonds is 3. The number of amides is 1. The summed E-state index contributed by atoms with van der Waals surface area (Å²) >= 11 is 17.9. The molecular weight excluding hydrogens is 317 g/mol. The second kappa shape index (κ2) is 6.49. The fraction of sp³-hybridized carbons (Fsp3) is 0.133. The Morgan fingerprint density at radius 2 is 1.40 bits per heavy atom. The molecule has 0 saturated heterocycles. The van der Waals surface area contributed by atoms with E-state index < -0.39 is 9.83 Å². The smallest absolute Gasteiger partial charge is 0.251 e. The summed E-state index contributed by atoms with van der Waals surface area (Å²) in [5, 5.41) is 2.75. The zero-order valence-corrected chi connectivity index (χ0v) is 12.7. The van der Waals surface area contributed by atoms with Gasteiger partial charge in [-0.1, -0.05) is 83.3 Å². The molecular formula is C15H12Cl3NO. The van der Waals surface area contributed by atoms with E-state index in [-0.39, 0.29) is 5.91 Å². The summed E-state index contributed by atoms with van der Waals surface area (Å²) in [5.41, 5.74) is 1.25. The fourth-order valence-corrected chi connectivity index (χ4v) is 2.35. The topological polar surface area (TPSA) is 29.1 Å². The van der Waals surface area contributed by atoms with Crippen molar-refractivity contribution < 1.29 is 4.79 Å². The number of hydrogen-bond donors (Lipinski definition) is 1. The molecule has 0 unspecified atom stereocenters. The molecule has 0 spiro atoms. The van der Waals surface area contributed by atoms with Gasteiger partial charge in [-0.15, -0.1) is 0 Å². The van der Waals surface area contributed by atoms with Crippen molar-refractivity contribution in [2.75, 3.05) is 0 Å². The van der Waals surface area contributed by atoms with Crippen LogP contribution in [0.4, 0.5) is 0 Å². The van der Waals surface area contributed by atoms with E-state index in [1.807, 2.05) is 24.3 Å². The van der Waals surface area contributed by atoms with Gasteiger partial charge in [-0.3, -0.25) is 4.79 Å². The minimum Gasteiger partial charge on any atom is -0.341 e. The van der Waals surface area contributed by atoms with E-state index in [1.54, 1.807) is 36.4 Å². The SMILES string of the molecule is O=C(N[C@H](c1ccccc1)C(Cl)(Cl)Cl)c1ccccc1. The molecule has 0 fully saturated rings. The Balaban J connectivity index is 2.24. The van der Waals surface area contributed by atoms with Crippen molar-refractivity contribution in [2.24, 2.45) is 0 Å². The molecule has 2 rings (SSSR count). The van der Waals surface area contributed by atoms with Gasteiger partial charge in [0.05, 0.1) is 0 Å². The van der Waals surface area contributed by atoms with Crippen LogP contribution in [0.3, 0.4) is 0 Å². The Kier molecular flexibility index (Phi) is 4.92. The average molecular weight is 329 g/mol. The van der Waals surface area contributed by atoms with Gasteiger partial charge >= 0.3 is 0 Å². The van der Waals surface area contributed by atoms with Gasteiger partial charge in [-0.2, -0.15) is 0 Å². The van der Waals surface area contributed by atoms with Gasteiger partial charge in [0.25, 0.3) is 5.91 Å². The Labute approximate surface area is 132 Å². The highest BCUT2D eigenvalue weighted by Gasteiger charge is 2.35. The maximum atomic E-state index is 12.2. The number of benzene rings is 2. The van der Waals surface area contributed by atoms with E-state index in [0.717, 1.165) is 5.56 Å². The molecule has 1 N–H and O–H groups in total. The van der Waals surface area contributed by atoms with Gasteiger partial charge in [0, 0.05) is 5.56 Å². The zero-order chi connectivity index (χ0) is 14.6. The molecule has 0 aromatic heterocycles. The minimum absolute atomic E-state index is 0.286. The van der Waals surface area contributed by atoms with E-state index in [1.165, 1.54) is 0 Å². The first-order valence-electron chi connectivity index (χ1n) is 5.96. The molecule has 0 aliphatic carbocycles. The summed E-state index contributed by atoms with van der Waals surface area (Å²) in [6.07, 6.45) is 0. The third-order valence-electron chi connectivity index (χ3n) is 2.77. The number of carbonyl (C=O) groups is 1. The molecule has 104 valence electrons. The first kappa shape index (κ1) is 15.2. The van der Waals surface area contributed by atoms with Crippen LogP contribution < -0.4 is 5.32 Å². The number of alkyl halides is 3. The van der Waals surface area contributed by atoms with Gasteiger partial charge in [-0.05, 0) is 17.7 Å². The lowest BCUT2D eigenvalue weighted by Gasteiger charge is -2.26. The first-order valence-corrected chi connectivity index (χ1v) is 7.09. The van der Waals surface area contributed by atoms with Crippen molar-refractivity contribution in [3.63, 3.8) is 0 Å². The third kappa shape index (κ3) is 3.89. The van der Waals surface area contributed by atoms with Crippen LogP contribution in [0, 0.1) is 0 Å². The molecule has 2 nitrogen and oxygen atoms in total. The largest absolute Gasteiger partial charge is 0.341 e. The van der Waals surface area contributed by atoms with Gasteiger partial charge in [-0.25, -0.2) is 0 Å². The molecule has 1 atom stereocenters. The average Bonchev–Trinajstić information content (AvgIpc) is 2.45. The summed E-state index contributed by atoms with van der Waals surface area (Å²) in [6, 6.07) is 17.2. The number of hydrogen-bond acceptors (Lipinski definition) is 1. The summed E-state index contributed by atoms with van der Waals surface area (Å²) in [7, 11) is 0. The second-order valence-corrected chi connectivity index (χ2v) is 6.59. The van der Waals surface area contributed by atoms with Crippen LogP contribution in [0.25, 0.3) is 0 Å². The van der Waals surface area contributed by atoms with E-state index in [2.05, 4.69) is 5.32 Å². The highest BCUT2D eigenvalue weighted by Crippen LogP contribution is 2.39. The summed E-state index contributed by atoms with van der Waals surface area (Å²) in [5.74, 6) is -0.286. The molecule has 2 aromatic rings. The molecule has 5 heteroatoms. The molecule has 20 heavy (non-hydrogen) atoms. The Bertz CT molecular complexity index is 567. The lowest BCUT2D eigenvalue weighted by Crippen LogP contribution is -2.36. The van der Waals surface area contributed by atoms with E-state index in [4.69, 9.17) is 34.8 Å². The summed E-state index contributed by atoms with van der Waals surface area (Å²) in [6.45, 7) is 0. The van der Waals surface area contributed by atoms with E-state index >= 15 is 0 Å². The molecule has 1 amide bonds. The van der Waals surface area contributed by atoms with Crippen LogP contribution in [0.2, 0.25) is 0 Å². The van der Waals surface area contributed by atoms with Crippen LogP contribution in [0.15, 0.2) is 60.7 Å². The van der Waals surface area contributed by atoms with E-state index in [0.29, 0.717) is 5.56 Å². The monoisotopic (exact) mass is 327 g/mol. The maximum Gasteiger partial charge on any atom is 0.251 e. The van der Waals surface area contributed by atoms with Crippen molar-refractivity contribution in [1.29, 1.82) is 0 Å². The Hall–Kier alpha value is -1.22.